The maximum atomic E-state index is 12.5. The molecular formula is C21H21ClN2O3. The van der Waals surface area contributed by atoms with E-state index >= 15 is 0 Å². The second-order valence-corrected chi connectivity index (χ2v) is 6.03. The van der Waals surface area contributed by atoms with Crippen molar-refractivity contribution < 1.29 is 14.3 Å². The third kappa shape index (κ3) is 5.25. The standard InChI is InChI=1S/C21H21ClN2O3/c1-4-26-19-11-15(17(22)12-20(19)27-5-2)10-16(13-23)21(25)24-18-9-7-6-8-14(18)3/h6-12H,4-5H2,1-3H3,(H,24,25)/b16-10+. The van der Waals surface area contributed by atoms with E-state index in [1.807, 2.05) is 45.0 Å². The highest BCUT2D eigenvalue weighted by molar-refractivity contribution is 6.32. The van der Waals surface area contributed by atoms with Gasteiger partial charge < -0.3 is 14.8 Å². The molecule has 0 atom stereocenters. The van der Waals surface area contributed by atoms with Crippen molar-refractivity contribution in [2.45, 2.75) is 20.8 Å². The lowest BCUT2D eigenvalue weighted by atomic mass is 10.1. The number of anilines is 1. The van der Waals surface area contributed by atoms with Crippen LogP contribution in [0, 0.1) is 18.3 Å². The fourth-order valence-corrected chi connectivity index (χ4v) is 2.61. The molecule has 1 amide bonds. The maximum Gasteiger partial charge on any atom is 0.266 e. The van der Waals surface area contributed by atoms with E-state index in [1.165, 1.54) is 6.08 Å². The molecule has 0 saturated carbocycles. The van der Waals surface area contributed by atoms with Crippen LogP contribution in [0.1, 0.15) is 25.0 Å². The molecular weight excluding hydrogens is 364 g/mol. The van der Waals surface area contributed by atoms with E-state index in [0.717, 1.165) is 5.56 Å². The molecule has 0 aliphatic rings. The number of para-hydroxylation sites is 1. The van der Waals surface area contributed by atoms with Crippen LogP contribution in [0.3, 0.4) is 0 Å². The molecule has 6 heteroatoms. The van der Waals surface area contributed by atoms with Crippen LogP contribution in [0.25, 0.3) is 6.08 Å². The molecule has 0 unspecified atom stereocenters. The molecule has 2 rings (SSSR count). The fourth-order valence-electron chi connectivity index (χ4n) is 2.40. The number of aryl methyl sites for hydroxylation is 1. The van der Waals surface area contributed by atoms with E-state index in [4.69, 9.17) is 21.1 Å². The van der Waals surface area contributed by atoms with Gasteiger partial charge in [-0.25, -0.2) is 0 Å². The molecule has 5 nitrogen and oxygen atoms in total. The largest absolute Gasteiger partial charge is 0.490 e. The number of nitriles is 1. The lowest BCUT2D eigenvalue weighted by Gasteiger charge is -2.13. The van der Waals surface area contributed by atoms with E-state index in [1.54, 1.807) is 18.2 Å². The Bertz CT molecular complexity index is 901. The molecule has 0 aliphatic heterocycles. The van der Waals surface area contributed by atoms with Crippen molar-refractivity contribution >= 4 is 29.3 Å². The third-order valence-electron chi connectivity index (χ3n) is 3.72. The van der Waals surface area contributed by atoms with Gasteiger partial charge in [-0.1, -0.05) is 29.8 Å². The molecule has 0 radical (unpaired) electrons. The maximum absolute atomic E-state index is 12.5. The summed E-state index contributed by atoms with van der Waals surface area (Å²) in [5, 5.41) is 12.5. The van der Waals surface area contributed by atoms with Crippen LogP contribution < -0.4 is 14.8 Å². The van der Waals surface area contributed by atoms with Crippen LogP contribution in [0.5, 0.6) is 11.5 Å². The summed E-state index contributed by atoms with van der Waals surface area (Å²) in [6, 6.07) is 12.6. The summed E-state index contributed by atoms with van der Waals surface area (Å²) in [4.78, 5) is 12.5. The summed E-state index contributed by atoms with van der Waals surface area (Å²) >= 11 is 6.31. The molecule has 2 aromatic rings. The number of rotatable bonds is 7. The van der Waals surface area contributed by atoms with Gasteiger partial charge in [0.25, 0.3) is 5.91 Å². The van der Waals surface area contributed by atoms with Crippen molar-refractivity contribution in [3.63, 3.8) is 0 Å². The summed E-state index contributed by atoms with van der Waals surface area (Å²) < 4.78 is 11.1. The monoisotopic (exact) mass is 384 g/mol. The zero-order valence-electron chi connectivity index (χ0n) is 15.5. The quantitative estimate of drug-likeness (QED) is 0.539. The Kier molecular flexibility index (Phi) is 7.27. The number of halogens is 1. The van der Waals surface area contributed by atoms with E-state index in [-0.39, 0.29) is 5.57 Å². The molecule has 0 aromatic heterocycles. The van der Waals surface area contributed by atoms with Crippen LogP contribution in [0.15, 0.2) is 42.0 Å². The molecule has 1 N–H and O–H groups in total. The van der Waals surface area contributed by atoms with Crippen LogP contribution in [0.2, 0.25) is 5.02 Å². The third-order valence-corrected chi connectivity index (χ3v) is 4.05. The Morgan fingerprint density at radius 3 is 2.41 bits per heavy atom. The summed E-state index contributed by atoms with van der Waals surface area (Å²) in [5.74, 6) is 0.519. The topological polar surface area (TPSA) is 71.3 Å². The van der Waals surface area contributed by atoms with Gasteiger partial charge in [-0.3, -0.25) is 4.79 Å². The lowest BCUT2D eigenvalue weighted by molar-refractivity contribution is -0.112. The summed E-state index contributed by atoms with van der Waals surface area (Å²) in [7, 11) is 0. The zero-order valence-corrected chi connectivity index (χ0v) is 16.3. The SMILES string of the molecule is CCOc1cc(Cl)c(/C=C(\C#N)C(=O)Nc2ccccc2C)cc1OCC. The average molecular weight is 385 g/mol. The summed E-state index contributed by atoms with van der Waals surface area (Å²) in [6.45, 7) is 6.51. The minimum atomic E-state index is -0.505. The molecule has 0 aliphatic carbocycles. The number of ether oxygens (including phenoxy) is 2. The lowest BCUT2D eigenvalue weighted by Crippen LogP contribution is -2.14. The van der Waals surface area contributed by atoms with Gasteiger partial charge >= 0.3 is 0 Å². The highest BCUT2D eigenvalue weighted by atomic mass is 35.5. The Morgan fingerprint density at radius 1 is 1.19 bits per heavy atom. The molecule has 0 saturated heterocycles. The highest BCUT2D eigenvalue weighted by Gasteiger charge is 2.14. The molecule has 140 valence electrons. The fraction of sp³-hybridized carbons (Fsp3) is 0.238. The van der Waals surface area contributed by atoms with Crippen molar-refractivity contribution in [2.24, 2.45) is 0 Å². The number of hydrogen-bond acceptors (Lipinski definition) is 4. The number of nitrogens with one attached hydrogen (secondary N) is 1. The van der Waals surface area contributed by atoms with Gasteiger partial charge in [0.1, 0.15) is 11.6 Å². The second kappa shape index (κ2) is 9.65. The minimum absolute atomic E-state index is 0.0632. The van der Waals surface area contributed by atoms with Gasteiger partial charge in [-0.15, -0.1) is 0 Å². The summed E-state index contributed by atoms with van der Waals surface area (Å²) in [5.41, 5.74) is 1.99. The highest BCUT2D eigenvalue weighted by Crippen LogP contribution is 2.34. The average Bonchev–Trinajstić information content (AvgIpc) is 2.65. The molecule has 0 spiro atoms. The van der Waals surface area contributed by atoms with Gasteiger partial charge in [-0.2, -0.15) is 5.26 Å². The van der Waals surface area contributed by atoms with Gasteiger partial charge in [0.15, 0.2) is 11.5 Å². The number of amides is 1. The number of carbonyl (C=O) groups excluding carboxylic acids is 1. The van der Waals surface area contributed by atoms with Crippen LogP contribution in [0.4, 0.5) is 5.69 Å². The van der Waals surface area contributed by atoms with Crippen LogP contribution in [-0.2, 0) is 4.79 Å². The molecule has 27 heavy (non-hydrogen) atoms. The molecule has 0 heterocycles. The smallest absolute Gasteiger partial charge is 0.266 e. The van der Waals surface area contributed by atoms with Gasteiger partial charge in [0, 0.05) is 11.8 Å². The predicted molar refractivity (Wildman–Crippen MR) is 107 cm³/mol. The van der Waals surface area contributed by atoms with Crippen molar-refractivity contribution in [1.29, 1.82) is 5.26 Å². The first-order valence-electron chi connectivity index (χ1n) is 8.58. The van der Waals surface area contributed by atoms with Gasteiger partial charge in [-0.05, 0) is 50.1 Å². The van der Waals surface area contributed by atoms with Gasteiger partial charge in [0.05, 0.1) is 18.2 Å². The van der Waals surface area contributed by atoms with E-state index in [0.29, 0.717) is 41.0 Å². The summed E-state index contributed by atoms with van der Waals surface area (Å²) in [6.07, 6.45) is 1.44. The van der Waals surface area contributed by atoms with E-state index in [2.05, 4.69) is 5.32 Å². The number of nitrogens with zero attached hydrogens (tertiary/aromatic N) is 1. The molecule has 2 aromatic carbocycles. The van der Waals surface area contributed by atoms with Crippen molar-refractivity contribution in [3.8, 4) is 17.6 Å². The Morgan fingerprint density at radius 2 is 1.81 bits per heavy atom. The predicted octanol–water partition coefficient (Wildman–Crippen LogP) is 4.99. The Hall–Kier alpha value is -2.97. The van der Waals surface area contributed by atoms with E-state index < -0.39 is 5.91 Å². The van der Waals surface area contributed by atoms with Crippen LogP contribution in [-0.4, -0.2) is 19.1 Å². The van der Waals surface area contributed by atoms with Crippen molar-refractivity contribution in [2.75, 3.05) is 18.5 Å². The molecule has 0 bridgehead atoms. The van der Waals surface area contributed by atoms with Crippen molar-refractivity contribution in [3.05, 3.63) is 58.1 Å². The number of hydrogen-bond donors (Lipinski definition) is 1. The minimum Gasteiger partial charge on any atom is -0.490 e. The number of benzene rings is 2. The van der Waals surface area contributed by atoms with Crippen LogP contribution >= 0.6 is 11.6 Å². The first-order chi connectivity index (χ1) is 13.0. The van der Waals surface area contributed by atoms with Crippen molar-refractivity contribution in [1.82, 2.24) is 0 Å². The van der Waals surface area contributed by atoms with Gasteiger partial charge in [0.2, 0.25) is 0 Å². The zero-order chi connectivity index (χ0) is 19.8. The first-order valence-corrected chi connectivity index (χ1v) is 8.95. The molecule has 0 fully saturated rings. The van der Waals surface area contributed by atoms with E-state index in [9.17, 15) is 10.1 Å². The second-order valence-electron chi connectivity index (χ2n) is 5.63. The normalized spacial score (nSPS) is 10.9. The Labute approximate surface area is 164 Å². The number of carbonyl (C=O) groups is 1. The first kappa shape index (κ1) is 20.3. The Balaban J connectivity index is 2.36.